The second kappa shape index (κ2) is 7.96. The van der Waals surface area contributed by atoms with Gasteiger partial charge in [-0.05, 0) is 80.0 Å². The predicted molar refractivity (Wildman–Crippen MR) is 111 cm³/mol. The van der Waals surface area contributed by atoms with Crippen molar-refractivity contribution in [2.75, 3.05) is 13.1 Å². The van der Waals surface area contributed by atoms with E-state index in [-0.39, 0.29) is 23.5 Å². The second-order valence-electron chi connectivity index (χ2n) is 8.36. The van der Waals surface area contributed by atoms with Crippen LogP contribution in [0, 0.1) is 19.8 Å². The molecule has 0 unspecified atom stereocenters. The Kier molecular flexibility index (Phi) is 5.40. The first kappa shape index (κ1) is 19.0. The first-order valence-corrected chi connectivity index (χ1v) is 10.4. The molecule has 2 aliphatic rings. The van der Waals surface area contributed by atoms with Gasteiger partial charge in [0.25, 0.3) is 0 Å². The summed E-state index contributed by atoms with van der Waals surface area (Å²) in [7, 11) is 0. The van der Waals surface area contributed by atoms with Crippen molar-refractivity contribution in [1.29, 1.82) is 0 Å². The molecule has 148 valence electrons. The van der Waals surface area contributed by atoms with Crippen LogP contribution in [0.3, 0.4) is 0 Å². The molecular weight excluding hydrogens is 348 g/mol. The van der Waals surface area contributed by atoms with Crippen LogP contribution in [-0.2, 0) is 11.3 Å². The van der Waals surface area contributed by atoms with Crippen molar-refractivity contribution in [3.63, 3.8) is 0 Å². The van der Waals surface area contributed by atoms with Crippen LogP contribution in [-0.4, -0.2) is 35.0 Å². The number of benzene rings is 2. The van der Waals surface area contributed by atoms with Gasteiger partial charge in [-0.1, -0.05) is 30.3 Å². The fraction of sp³-hybridized carbons (Fsp3) is 0.458. The number of hydrogen-bond donors (Lipinski definition) is 2. The number of phenols is 1. The molecule has 0 aromatic heterocycles. The lowest BCUT2D eigenvalue weighted by molar-refractivity contribution is -0.138. The Labute approximate surface area is 167 Å². The highest BCUT2D eigenvalue weighted by Crippen LogP contribution is 2.37. The van der Waals surface area contributed by atoms with Gasteiger partial charge in [0.15, 0.2) is 0 Å². The Balaban J connectivity index is 1.59. The summed E-state index contributed by atoms with van der Waals surface area (Å²) in [4.78, 5) is 15.8. The van der Waals surface area contributed by atoms with E-state index in [1.54, 1.807) is 6.07 Å². The van der Waals surface area contributed by atoms with Crippen molar-refractivity contribution in [2.24, 2.45) is 5.92 Å². The maximum atomic E-state index is 13.7. The predicted octanol–water partition coefficient (Wildman–Crippen LogP) is 3.89. The molecule has 2 aromatic carbocycles. The maximum Gasteiger partial charge on any atom is 0.228 e. The fourth-order valence-electron chi connectivity index (χ4n) is 4.43. The van der Waals surface area contributed by atoms with Crippen LogP contribution >= 0.6 is 0 Å². The van der Waals surface area contributed by atoms with E-state index in [0.29, 0.717) is 19.1 Å². The van der Waals surface area contributed by atoms with Gasteiger partial charge in [0.05, 0.1) is 5.92 Å². The molecule has 4 nitrogen and oxygen atoms in total. The van der Waals surface area contributed by atoms with E-state index < -0.39 is 0 Å². The Morgan fingerprint density at radius 3 is 2.68 bits per heavy atom. The van der Waals surface area contributed by atoms with Crippen LogP contribution < -0.4 is 5.32 Å². The number of aromatic hydroxyl groups is 1. The van der Waals surface area contributed by atoms with E-state index in [2.05, 4.69) is 42.3 Å². The van der Waals surface area contributed by atoms with Crippen molar-refractivity contribution < 1.29 is 9.90 Å². The van der Waals surface area contributed by atoms with Gasteiger partial charge < -0.3 is 15.3 Å². The third kappa shape index (κ3) is 3.93. The summed E-state index contributed by atoms with van der Waals surface area (Å²) in [5.74, 6) is 0.600. The molecule has 0 radical (unpaired) electrons. The maximum absolute atomic E-state index is 13.7. The van der Waals surface area contributed by atoms with E-state index >= 15 is 0 Å². The summed E-state index contributed by atoms with van der Waals surface area (Å²) in [5.41, 5.74) is 4.88. The largest absolute Gasteiger partial charge is 0.508 e. The lowest BCUT2D eigenvalue weighted by Gasteiger charge is -2.36. The normalized spacial score (nSPS) is 22.1. The summed E-state index contributed by atoms with van der Waals surface area (Å²) in [5, 5.41) is 13.3. The molecule has 0 spiro atoms. The number of nitrogens with one attached hydrogen (secondary N) is 1. The van der Waals surface area contributed by atoms with Crippen LogP contribution in [0.4, 0.5) is 0 Å². The number of carbonyl (C=O) groups is 1. The van der Waals surface area contributed by atoms with Crippen LogP contribution in [0.5, 0.6) is 5.75 Å². The summed E-state index contributed by atoms with van der Waals surface area (Å²) < 4.78 is 0. The van der Waals surface area contributed by atoms with Crippen molar-refractivity contribution in [3.8, 4) is 5.75 Å². The van der Waals surface area contributed by atoms with Crippen LogP contribution in [0.25, 0.3) is 0 Å². The highest BCUT2D eigenvalue weighted by atomic mass is 16.3. The van der Waals surface area contributed by atoms with Crippen molar-refractivity contribution in [1.82, 2.24) is 10.2 Å². The Hall–Kier alpha value is -2.33. The van der Waals surface area contributed by atoms with Crippen molar-refractivity contribution in [3.05, 3.63) is 64.7 Å². The molecule has 2 N–H and O–H groups in total. The standard InChI is InChI=1S/C24H30N2O2/c1-16-5-3-7-19(17(16)2)15-26(20-9-10-20)24(28)23-14-25-12-11-22(23)18-6-4-8-21(27)13-18/h3-8,13,20,22-23,25,27H,9-12,14-15H2,1-2H3/t22-,23+/m1/s1. The smallest absolute Gasteiger partial charge is 0.228 e. The monoisotopic (exact) mass is 378 g/mol. The molecule has 1 aliphatic heterocycles. The number of phenolic OH excluding ortho intramolecular Hbond substituents is 1. The first-order valence-electron chi connectivity index (χ1n) is 10.4. The minimum Gasteiger partial charge on any atom is -0.508 e. The molecule has 1 heterocycles. The zero-order valence-electron chi connectivity index (χ0n) is 16.8. The molecule has 1 aliphatic carbocycles. The molecule has 4 rings (SSSR count). The van der Waals surface area contributed by atoms with Gasteiger partial charge in [-0.2, -0.15) is 0 Å². The van der Waals surface area contributed by atoms with E-state index in [0.717, 1.165) is 31.4 Å². The number of piperidine rings is 1. The summed E-state index contributed by atoms with van der Waals surface area (Å²) in [6, 6.07) is 14.2. The van der Waals surface area contributed by atoms with E-state index in [9.17, 15) is 9.90 Å². The topological polar surface area (TPSA) is 52.6 Å². The summed E-state index contributed by atoms with van der Waals surface area (Å²) in [6.45, 7) is 6.59. The molecule has 1 saturated heterocycles. The highest BCUT2D eigenvalue weighted by Gasteiger charge is 2.40. The molecule has 2 fully saturated rings. The average molecular weight is 379 g/mol. The molecule has 4 heteroatoms. The molecule has 1 saturated carbocycles. The zero-order valence-corrected chi connectivity index (χ0v) is 16.8. The molecule has 2 aromatic rings. The van der Waals surface area contributed by atoms with Crippen molar-refractivity contribution >= 4 is 5.91 Å². The Bertz CT molecular complexity index is 859. The zero-order chi connectivity index (χ0) is 19.7. The number of amides is 1. The fourth-order valence-corrected chi connectivity index (χ4v) is 4.43. The van der Waals surface area contributed by atoms with Gasteiger partial charge in [-0.15, -0.1) is 0 Å². The molecule has 0 bridgehead atoms. The van der Waals surface area contributed by atoms with Crippen LogP contribution in [0.1, 0.15) is 47.4 Å². The van der Waals surface area contributed by atoms with Gasteiger partial charge in [-0.25, -0.2) is 0 Å². The van der Waals surface area contributed by atoms with E-state index in [4.69, 9.17) is 0 Å². The van der Waals surface area contributed by atoms with Gasteiger partial charge in [0.1, 0.15) is 5.75 Å². The molecule has 1 amide bonds. The van der Waals surface area contributed by atoms with Crippen LogP contribution in [0.2, 0.25) is 0 Å². The van der Waals surface area contributed by atoms with Gasteiger partial charge >= 0.3 is 0 Å². The minimum absolute atomic E-state index is 0.0822. The number of rotatable bonds is 5. The lowest BCUT2D eigenvalue weighted by atomic mass is 9.80. The lowest BCUT2D eigenvalue weighted by Crippen LogP contribution is -2.47. The second-order valence-corrected chi connectivity index (χ2v) is 8.36. The van der Waals surface area contributed by atoms with Gasteiger partial charge in [0, 0.05) is 19.1 Å². The average Bonchev–Trinajstić information content (AvgIpc) is 3.54. The Morgan fingerprint density at radius 2 is 1.93 bits per heavy atom. The minimum atomic E-state index is -0.0822. The number of aryl methyl sites for hydroxylation is 1. The third-order valence-corrected chi connectivity index (χ3v) is 6.43. The SMILES string of the molecule is Cc1cccc(CN(C(=O)[C@H]2CNCC[C@@H]2c2cccc(O)c2)C2CC2)c1C. The number of hydrogen-bond acceptors (Lipinski definition) is 3. The Morgan fingerprint density at radius 1 is 1.14 bits per heavy atom. The molecule has 28 heavy (non-hydrogen) atoms. The highest BCUT2D eigenvalue weighted by molar-refractivity contribution is 5.81. The van der Waals surface area contributed by atoms with E-state index in [1.165, 1.54) is 16.7 Å². The third-order valence-electron chi connectivity index (χ3n) is 6.43. The van der Waals surface area contributed by atoms with Gasteiger partial charge in [0.2, 0.25) is 5.91 Å². The quantitative estimate of drug-likeness (QED) is 0.830. The van der Waals surface area contributed by atoms with Gasteiger partial charge in [-0.3, -0.25) is 4.79 Å². The van der Waals surface area contributed by atoms with E-state index in [1.807, 2.05) is 18.2 Å². The molecular formula is C24H30N2O2. The number of carbonyl (C=O) groups excluding carboxylic acids is 1. The number of nitrogens with zero attached hydrogens (tertiary/aromatic N) is 1. The van der Waals surface area contributed by atoms with Crippen molar-refractivity contribution in [2.45, 2.75) is 51.6 Å². The summed E-state index contributed by atoms with van der Waals surface area (Å²) >= 11 is 0. The first-order chi connectivity index (χ1) is 13.5. The molecule has 2 atom stereocenters. The summed E-state index contributed by atoms with van der Waals surface area (Å²) in [6.07, 6.45) is 3.13. The van der Waals surface area contributed by atoms with Crippen LogP contribution in [0.15, 0.2) is 42.5 Å².